The van der Waals surface area contributed by atoms with E-state index in [-0.39, 0.29) is 36.3 Å². The minimum atomic E-state index is -3.46. The molecule has 0 unspecified atom stereocenters. The normalized spacial score (nSPS) is 11.6. The molecular weight excluding hydrogens is 453 g/mol. The highest BCUT2D eigenvalue weighted by atomic mass is 127. The molecule has 0 aliphatic carbocycles. The summed E-state index contributed by atoms with van der Waals surface area (Å²) >= 11 is 0. The molecule has 0 saturated heterocycles. The molecule has 1 aromatic carbocycles. The van der Waals surface area contributed by atoms with Crippen LogP contribution in [-0.2, 0) is 10.0 Å². The summed E-state index contributed by atoms with van der Waals surface area (Å²) in [6.07, 6.45) is 0.911. The maximum atomic E-state index is 10.9. The molecule has 0 heterocycles. The maximum Gasteiger partial charge on any atom is 0.210 e. The largest absolute Gasteiger partial charge is 0.372 e. The number of nitrogens with zero attached hydrogens (tertiary/aromatic N) is 2. The van der Waals surface area contributed by atoms with Crippen molar-refractivity contribution in [2.75, 3.05) is 43.4 Å². The van der Waals surface area contributed by atoms with E-state index in [1.807, 2.05) is 25.1 Å². The van der Waals surface area contributed by atoms with Crippen LogP contribution in [0, 0.1) is 0 Å². The fraction of sp³-hybridized carbons (Fsp3) is 0.562. The second-order valence-corrected chi connectivity index (χ2v) is 7.06. The fourth-order valence-electron chi connectivity index (χ4n) is 2.21. The SMILES string of the molecule is CCNC(=NCCCN(CC)c1ccccc1)NCCS(N)(=O)=O.I. The lowest BCUT2D eigenvalue weighted by atomic mass is 10.2. The zero-order valence-electron chi connectivity index (χ0n) is 14.9. The molecule has 9 heteroatoms. The summed E-state index contributed by atoms with van der Waals surface area (Å²) < 4.78 is 21.9. The number of sulfonamides is 1. The molecule has 7 nitrogen and oxygen atoms in total. The molecule has 0 aromatic heterocycles. The van der Waals surface area contributed by atoms with E-state index in [2.05, 4.69) is 39.6 Å². The standard InChI is InChI=1S/C16H29N5O2S.HI/c1-3-18-16(20-12-14-24(17,22)23)19-11-8-13-21(4-2)15-9-6-5-7-10-15;/h5-7,9-10H,3-4,8,11-14H2,1-2H3,(H2,17,22,23)(H2,18,19,20);1H. The first-order valence-electron chi connectivity index (χ1n) is 8.29. The first kappa shape index (κ1) is 23.9. The first-order valence-corrected chi connectivity index (χ1v) is 10.0. The van der Waals surface area contributed by atoms with Crippen molar-refractivity contribution >= 4 is 45.6 Å². The summed E-state index contributed by atoms with van der Waals surface area (Å²) in [7, 11) is -3.46. The molecule has 0 atom stereocenters. The van der Waals surface area contributed by atoms with Gasteiger partial charge in [0.2, 0.25) is 10.0 Å². The zero-order chi connectivity index (χ0) is 17.8. The minimum Gasteiger partial charge on any atom is -0.372 e. The van der Waals surface area contributed by atoms with Gasteiger partial charge < -0.3 is 15.5 Å². The fourth-order valence-corrected chi connectivity index (χ4v) is 2.60. The van der Waals surface area contributed by atoms with E-state index in [0.29, 0.717) is 19.0 Å². The summed E-state index contributed by atoms with van der Waals surface area (Å²) in [4.78, 5) is 6.77. The third-order valence-electron chi connectivity index (χ3n) is 3.38. The Morgan fingerprint density at radius 3 is 2.44 bits per heavy atom. The molecule has 1 aromatic rings. The van der Waals surface area contributed by atoms with Gasteiger partial charge in [-0.25, -0.2) is 13.6 Å². The zero-order valence-corrected chi connectivity index (χ0v) is 18.1. The van der Waals surface area contributed by atoms with Crippen LogP contribution in [0.2, 0.25) is 0 Å². The van der Waals surface area contributed by atoms with E-state index in [1.54, 1.807) is 0 Å². The van der Waals surface area contributed by atoms with Gasteiger partial charge in [-0.15, -0.1) is 24.0 Å². The summed E-state index contributed by atoms with van der Waals surface area (Å²) in [6.45, 7) is 7.58. The lowest BCUT2D eigenvalue weighted by molar-refractivity contribution is 0.596. The van der Waals surface area contributed by atoms with Crippen LogP contribution >= 0.6 is 24.0 Å². The van der Waals surface area contributed by atoms with Crippen molar-refractivity contribution in [1.82, 2.24) is 10.6 Å². The number of hydrogen-bond acceptors (Lipinski definition) is 4. The highest BCUT2D eigenvalue weighted by Crippen LogP contribution is 2.12. The van der Waals surface area contributed by atoms with Gasteiger partial charge in [0.25, 0.3) is 0 Å². The average molecular weight is 483 g/mol. The van der Waals surface area contributed by atoms with Crippen molar-refractivity contribution in [3.05, 3.63) is 30.3 Å². The lowest BCUT2D eigenvalue weighted by Crippen LogP contribution is -2.40. The van der Waals surface area contributed by atoms with Crippen LogP contribution in [0.1, 0.15) is 20.3 Å². The number of benzene rings is 1. The number of halogens is 1. The quantitative estimate of drug-likeness (QED) is 0.202. The number of nitrogens with one attached hydrogen (secondary N) is 2. The molecule has 0 radical (unpaired) electrons. The predicted molar refractivity (Wildman–Crippen MR) is 116 cm³/mol. The Balaban J connectivity index is 0.00000576. The van der Waals surface area contributed by atoms with Crippen molar-refractivity contribution in [2.24, 2.45) is 10.1 Å². The van der Waals surface area contributed by atoms with Crippen LogP contribution in [0.4, 0.5) is 5.69 Å². The number of nitrogens with two attached hydrogens (primary N) is 1. The lowest BCUT2D eigenvalue weighted by Gasteiger charge is -2.22. The van der Waals surface area contributed by atoms with Gasteiger partial charge in [0.15, 0.2) is 5.96 Å². The molecule has 144 valence electrons. The number of guanidine groups is 1. The minimum absolute atomic E-state index is 0. The topological polar surface area (TPSA) is 99.8 Å². The number of hydrogen-bond donors (Lipinski definition) is 3. The monoisotopic (exact) mass is 483 g/mol. The van der Waals surface area contributed by atoms with E-state index in [4.69, 9.17) is 5.14 Å². The number of anilines is 1. The number of para-hydroxylation sites is 1. The van der Waals surface area contributed by atoms with Crippen molar-refractivity contribution in [3.63, 3.8) is 0 Å². The molecular formula is C16H30IN5O2S. The predicted octanol–water partition coefficient (Wildman–Crippen LogP) is 1.36. The van der Waals surface area contributed by atoms with E-state index in [0.717, 1.165) is 19.5 Å². The Bertz CT molecular complexity index is 596. The Morgan fingerprint density at radius 1 is 1.20 bits per heavy atom. The molecule has 0 bridgehead atoms. The van der Waals surface area contributed by atoms with Crippen LogP contribution < -0.4 is 20.7 Å². The van der Waals surface area contributed by atoms with Crippen molar-refractivity contribution in [3.8, 4) is 0 Å². The molecule has 1 rings (SSSR count). The molecule has 25 heavy (non-hydrogen) atoms. The third-order valence-corrected chi connectivity index (χ3v) is 4.16. The highest BCUT2D eigenvalue weighted by Gasteiger charge is 2.05. The summed E-state index contributed by atoms with van der Waals surface area (Å²) in [5.41, 5.74) is 1.21. The van der Waals surface area contributed by atoms with Gasteiger partial charge in [-0.2, -0.15) is 0 Å². The summed E-state index contributed by atoms with van der Waals surface area (Å²) in [6, 6.07) is 10.3. The Morgan fingerprint density at radius 2 is 1.88 bits per heavy atom. The van der Waals surface area contributed by atoms with Gasteiger partial charge in [-0.05, 0) is 32.4 Å². The smallest absolute Gasteiger partial charge is 0.210 e. The van der Waals surface area contributed by atoms with Gasteiger partial charge in [-0.1, -0.05) is 18.2 Å². The Kier molecular flexibility index (Phi) is 12.6. The molecule has 0 amide bonds. The number of primary sulfonamides is 1. The van der Waals surface area contributed by atoms with Crippen molar-refractivity contribution in [1.29, 1.82) is 0 Å². The average Bonchev–Trinajstić information content (AvgIpc) is 2.54. The van der Waals surface area contributed by atoms with E-state index >= 15 is 0 Å². The second kappa shape index (κ2) is 13.2. The van der Waals surface area contributed by atoms with Gasteiger partial charge in [0.05, 0.1) is 5.75 Å². The van der Waals surface area contributed by atoms with E-state index < -0.39 is 10.0 Å². The summed E-state index contributed by atoms with van der Waals surface area (Å²) in [5.74, 6) is 0.499. The molecule has 0 spiro atoms. The highest BCUT2D eigenvalue weighted by molar-refractivity contribution is 14.0. The van der Waals surface area contributed by atoms with Crippen LogP contribution in [0.25, 0.3) is 0 Å². The third kappa shape index (κ3) is 11.2. The number of aliphatic imine (C=N–C) groups is 1. The van der Waals surface area contributed by atoms with Crippen LogP contribution in [0.15, 0.2) is 35.3 Å². The Hall–Kier alpha value is -1.07. The van der Waals surface area contributed by atoms with Crippen LogP contribution in [-0.4, -0.2) is 52.9 Å². The van der Waals surface area contributed by atoms with Gasteiger partial charge in [0, 0.05) is 38.4 Å². The molecule has 0 aliphatic heterocycles. The number of rotatable bonds is 10. The molecule has 0 aliphatic rings. The Labute approximate surface area is 168 Å². The van der Waals surface area contributed by atoms with Gasteiger partial charge >= 0.3 is 0 Å². The molecule has 0 saturated carbocycles. The second-order valence-electron chi connectivity index (χ2n) is 5.32. The van der Waals surface area contributed by atoms with E-state index in [1.165, 1.54) is 5.69 Å². The van der Waals surface area contributed by atoms with E-state index in [9.17, 15) is 8.42 Å². The van der Waals surface area contributed by atoms with Crippen molar-refractivity contribution in [2.45, 2.75) is 20.3 Å². The maximum absolute atomic E-state index is 10.9. The first-order chi connectivity index (χ1) is 11.5. The van der Waals surface area contributed by atoms with Crippen LogP contribution in [0.3, 0.4) is 0 Å². The molecule has 4 N–H and O–H groups in total. The van der Waals surface area contributed by atoms with Gasteiger partial charge in [0.1, 0.15) is 0 Å². The summed E-state index contributed by atoms with van der Waals surface area (Å²) in [5, 5.41) is 11.1. The van der Waals surface area contributed by atoms with Crippen molar-refractivity contribution < 1.29 is 8.42 Å². The molecule has 0 fully saturated rings. The van der Waals surface area contributed by atoms with Gasteiger partial charge in [-0.3, -0.25) is 4.99 Å². The van der Waals surface area contributed by atoms with Crippen LogP contribution in [0.5, 0.6) is 0 Å².